The average Bonchev–Trinajstić information content (AvgIpc) is 3.00. The number of anilines is 1. The quantitative estimate of drug-likeness (QED) is 0.458. The van der Waals surface area contributed by atoms with Gasteiger partial charge >= 0.3 is 0 Å². The molecule has 1 aliphatic rings. The monoisotopic (exact) mass is 484 g/mol. The zero-order chi connectivity index (χ0) is 24.0. The minimum absolute atomic E-state index is 0.146. The fourth-order valence-electron chi connectivity index (χ4n) is 4.27. The zero-order valence-corrected chi connectivity index (χ0v) is 20.4. The molecule has 1 aromatic heterocycles. The van der Waals surface area contributed by atoms with Gasteiger partial charge < -0.3 is 9.30 Å². The molecular weight excluding hydrogens is 452 g/mol. The molecule has 1 saturated heterocycles. The number of para-hydroxylation sites is 2. The van der Waals surface area contributed by atoms with Gasteiger partial charge in [0.05, 0.1) is 15.9 Å². The van der Waals surface area contributed by atoms with E-state index in [0.29, 0.717) is 38.8 Å². The molecule has 0 unspecified atom stereocenters. The number of hydrogen-bond acceptors (Lipinski definition) is 5. The van der Waals surface area contributed by atoms with E-state index in [9.17, 15) is 13.2 Å². The van der Waals surface area contributed by atoms with Crippen LogP contribution in [0.1, 0.15) is 49.4 Å². The number of benzene rings is 2. The molecule has 4 rings (SSSR count). The van der Waals surface area contributed by atoms with Gasteiger partial charge in [0.15, 0.2) is 0 Å². The van der Waals surface area contributed by atoms with E-state index in [4.69, 9.17) is 4.74 Å². The first kappa shape index (κ1) is 24.4. The molecule has 9 heteroatoms. The summed E-state index contributed by atoms with van der Waals surface area (Å²) in [4.78, 5) is 17.9. The van der Waals surface area contributed by atoms with Gasteiger partial charge in [-0.05, 0) is 56.5 Å². The van der Waals surface area contributed by atoms with Crippen molar-refractivity contribution in [1.29, 1.82) is 0 Å². The Morgan fingerprint density at radius 1 is 1.06 bits per heavy atom. The Hall–Kier alpha value is -2.75. The smallest absolute Gasteiger partial charge is 0.258 e. The predicted molar refractivity (Wildman–Crippen MR) is 132 cm³/mol. The lowest BCUT2D eigenvalue weighted by atomic mass is 10.2. The third kappa shape index (κ3) is 5.48. The van der Waals surface area contributed by atoms with Crippen LogP contribution in [0.25, 0.3) is 11.0 Å². The molecule has 34 heavy (non-hydrogen) atoms. The Labute approximate surface area is 201 Å². The number of carbonyl (C=O) groups excluding carboxylic acids is 1. The maximum Gasteiger partial charge on any atom is 0.258 e. The first-order valence-electron chi connectivity index (χ1n) is 12.0. The maximum absolute atomic E-state index is 13.2. The minimum atomic E-state index is -3.64. The minimum Gasteiger partial charge on any atom is -0.382 e. The number of sulfonamides is 1. The first-order valence-corrected chi connectivity index (χ1v) is 13.4. The Morgan fingerprint density at radius 3 is 2.59 bits per heavy atom. The van der Waals surface area contributed by atoms with Crippen LogP contribution in [-0.2, 0) is 21.3 Å². The highest BCUT2D eigenvalue weighted by Crippen LogP contribution is 2.23. The third-order valence-electron chi connectivity index (χ3n) is 6.05. The van der Waals surface area contributed by atoms with Crippen molar-refractivity contribution in [1.82, 2.24) is 13.9 Å². The summed E-state index contributed by atoms with van der Waals surface area (Å²) in [5.41, 5.74) is 1.99. The highest BCUT2D eigenvalue weighted by molar-refractivity contribution is 7.89. The van der Waals surface area contributed by atoms with E-state index >= 15 is 0 Å². The van der Waals surface area contributed by atoms with Crippen LogP contribution < -0.4 is 5.32 Å². The molecule has 1 amide bonds. The highest BCUT2D eigenvalue weighted by Gasteiger charge is 2.26. The number of fused-ring (bicyclic) bond motifs is 1. The van der Waals surface area contributed by atoms with Crippen molar-refractivity contribution < 1.29 is 17.9 Å². The van der Waals surface area contributed by atoms with Crippen molar-refractivity contribution in [2.75, 3.05) is 31.6 Å². The lowest BCUT2D eigenvalue weighted by Gasteiger charge is -2.20. The standard InChI is InChI=1S/C25H32N4O4S/c1-2-33-18-10-17-29-23-14-6-5-13-22(23)26-25(29)27-24(30)20-11-9-12-21(19-20)34(31,32)28-15-7-3-4-8-16-28/h5-6,9,11-14,19H,2-4,7-8,10,15-18H2,1H3,(H,26,27,30). The van der Waals surface area contributed by atoms with Gasteiger partial charge in [-0.3, -0.25) is 10.1 Å². The van der Waals surface area contributed by atoms with Crippen molar-refractivity contribution in [3.05, 3.63) is 54.1 Å². The van der Waals surface area contributed by atoms with Crippen molar-refractivity contribution in [2.45, 2.75) is 50.5 Å². The van der Waals surface area contributed by atoms with Crippen LogP contribution in [0.3, 0.4) is 0 Å². The molecule has 8 nitrogen and oxygen atoms in total. The van der Waals surface area contributed by atoms with Crippen LogP contribution in [0.15, 0.2) is 53.4 Å². The zero-order valence-electron chi connectivity index (χ0n) is 19.6. The SMILES string of the molecule is CCOCCCn1c(NC(=O)c2cccc(S(=O)(=O)N3CCCCCC3)c2)nc2ccccc21. The predicted octanol–water partition coefficient (Wildman–Crippen LogP) is 4.28. The van der Waals surface area contributed by atoms with E-state index in [-0.39, 0.29) is 10.5 Å². The number of ether oxygens (including phenoxy) is 1. The fraction of sp³-hybridized carbons (Fsp3) is 0.440. The van der Waals surface area contributed by atoms with Crippen LogP contribution in [0, 0.1) is 0 Å². The molecule has 1 fully saturated rings. The molecule has 0 saturated carbocycles. The number of carbonyl (C=O) groups is 1. The molecule has 0 atom stereocenters. The third-order valence-corrected chi connectivity index (χ3v) is 7.95. The normalized spacial score (nSPS) is 15.3. The van der Waals surface area contributed by atoms with Gasteiger partial charge in [0.2, 0.25) is 16.0 Å². The van der Waals surface area contributed by atoms with Crippen LogP contribution in [-0.4, -0.2) is 54.5 Å². The molecule has 1 N–H and O–H groups in total. The van der Waals surface area contributed by atoms with E-state index in [1.165, 1.54) is 10.4 Å². The molecule has 2 heterocycles. The van der Waals surface area contributed by atoms with Crippen molar-refractivity contribution in [2.24, 2.45) is 0 Å². The Balaban J connectivity index is 1.56. The Kier molecular flexibility index (Phi) is 7.97. The van der Waals surface area contributed by atoms with Crippen LogP contribution in [0.4, 0.5) is 5.95 Å². The molecule has 2 aromatic carbocycles. The summed E-state index contributed by atoms with van der Waals surface area (Å²) in [6, 6.07) is 14.0. The summed E-state index contributed by atoms with van der Waals surface area (Å²) in [5.74, 6) is 0.0396. The van der Waals surface area contributed by atoms with E-state index in [2.05, 4.69) is 10.3 Å². The average molecular weight is 485 g/mol. The maximum atomic E-state index is 13.2. The highest BCUT2D eigenvalue weighted by atomic mass is 32.2. The molecule has 1 aliphatic heterocycles. The molecule has 0 radical (unpaired) electrons. The lowest BCUT2D eigenvalue weighted by molar-refractivity contribution is 0.102. The summed E-state index contributed by atoms with van der Waals surface area (Å²) in [5, 5.41) is 2.89. The summed E-state index contributed by atoms with van der Waals surface area (Å²) >= 11 is 0. The Bertz CT molecular complexity index is 1230. The van der Waals surface area contributed by atoms with Crippen LogP contribution in [0.5, 0.6) is 0 Å². The number of aromatic nitrogens is 2. The van der Waals surface area contributed by atoms with Gasteiger partial charge in [-0.25, -0.2) is 13.4 Å². The molecule has 182 valence electrons. The number of aryl methyl sites for hydroxylation is 1. The summed E-state index contributed by atoms with van der Waals surface area (Å²) in [6.07, 6.45) is 4.58. The first-order chi connectivity index (χ1) is 16.5. The largest absolute Gasteiger partial charge is 0.382 e. The van der Waals surface area contributed by atoms with E-state index in [0.717, 1.165) is 43.1 Å². The molecule has 3 aromatic rings. The molecule has 0 aliphatic carbocycles. The second kappa shape index (κ2) is 11.1. The number of hydrogen-bond donors (Lipinski definition) is 1. The number of imidazole rings is 1. The number of nitrogens with zero attached hydrogens (tertiary/aromatic N) is 3. The second-order valence-electron chi connectivity index (χ2n) is 8.43. The second-order valence-corrected chi connectivity index (χ2v) is 10.4. The van der Waals surface area contributed by atoms with Gasteiger partial charge in [-0.15, -0.1) is 0 Å². The number of rotatable bonds is 9. The lowest BCUT2D eigenvalue weighted by Crippen LogP contribution is -2.32. The van der Waals surface area contributed by atoms with Crippen molar-refractivity contribution in [3.63, 3.8) is 0 Å². The summed E-state index contributed by atoms with van der Waals surface area (Å²) in [7, 11) is -3.64. The number of amides is 1. The van der Waals surface area contributed by atoms with Crippen molar-refractivity contribution in [3.8, 4) is 0 Å². The summed E-state index contributed by atoms with van der Waals surface area (Å²) in [6.45, 7) is 4.91. The van der Waals surface area contributed by atoms with Crippen molar-refractivity contribution >= 4 is 32.9 Å². The molecule has 0 spiro atoms. The van der Waals surface area contributed by atoms with E-state index in [1.807, 2.05) is 35.8 Å². The van der Waals surface area contributed by atoms with E-state index < -0.39 is 15.9 Å². The molecular formula is C25H32N4O4S. The van der Waals surface area contributed by atoms with Crippen LogP contribution in [0.2, 0.25) is 0 Å². The van der Waals surface area contributed by atoms with Crippen LogP contribution >= 0.6 is 0 Å². The topological polar surface area (TPSA) is 93.5 Å². The van der Waals surface area contributed by atoms with Gasteiger partial charge in [-0.2, -0.15) is 4.31 Å². The van der Waals surface area contributed by atoms with E-state index in [1.54, 1.807) is 18.2 Å². The summed E-state index contributed by atoms with van der Waals surface area (Å²) < 4.78 is 35.3. The fourth-order valence-corrected chi connectivity index (χ4v) is 5.83. The molecule has 0 bridgehead atoms. The van der Waals surface area contributed by atoms with Gasteiger partial charge in [0, 0.05) is 38.4 Å². The van der Waals surface area contributed by atoms with Gasteiger partial charge in [0.1, 0.15) is 0 Å². The van der Waals surface area contributed by atoms with Gasteiger partial charge in [0.25, 0.3) is 5.91 Å². The van der Waals surface area contributed by atoms with Gasteiger partial charge in [-0.1, -0.05) is 31.0 Å². The number of nitrogens with one attached hydrogen (secondary N) is 1. The Morgan fingerprint density at radius 2 is 1.82 bits per heavy atom.